The smallest absolute Gasteiger partial charge is 0.165 e. The zero-order valence-electron chi connectivity index (χ0n) is 16.6. The van der Waals surface area contributed by atoms with E-state index in [9.17, 15) is 13.2 Å². The van der Waals surface area contributed by atoms with Crippen molar-refractivity contribution in [3.8, 4) is 0 Å². The molecule has 0 aliphatic heterocycles. The summed E-state index contributed by atoms with van der Waals surface area (Å²) in [5.74, 6) is -2.63. The molecule has 0 bridgehead atoms. The molecule has 1 fully saturated rings. The van der Waals surface area contributed by atoms with Gasteiger partial charge in [-0.25, -0.2) is 13.2 Å². The van der Waals surface area contributed by atoms with Crippen LogP contribution < -0.4 is 0 Å². The van der Waals surface area contributed by atoms with Crippen molar-refractivity contribution in [2.75, 3.05) is 0 Å². The number of aryl methyl sites for hydroxylation is 1. The van der Waals surface area contributed by atoms with Crippen molar-refractivity contribution in [1.82, 2.24) is 0 Å². The van der Waals surface area contributed by atoms with Crippen LogP contribution in [0.1, 0.15) is 63.0 Å². The van der Waals surface area contributed by atoms with Gasteiger partial charge in [-0.1, -0.05) is 50.1 Å². The maximum atomic E-state index is 14.9. The minimum Gasteiger partial charge on any atom is -0.208 e. The van der Waals surface area contributed by atoms with Crippen LogP contribution in [-0.4, -0.2) is 0 Å². The Kier molecular flexibility index (Phi) is 6.98. The van der Waals surface area contributed by atoms with E-state index in [4.69, 9.17) is 0 Å². The summed E-state index contributed by atoms with van der Waals surface area (Å²) in [5, 5.41) is 1.07. The molecule has 2 aromatic rings. The molecular weight excluding hydrogens is 357 g/mol. The molecule has 0 nitrogen and oxygen atoms in total. The largest absolute Gasteiger partial charge is 0.208 e. The molecule has 150 valence electrons. The summed E-state index contributed by atoms with van der Waals surface area (Å²) in [5.41, 5.74) is 0.879. The molecule has 3 heteroatoms. The lowest BCUT2D eigenvalue weighted by Gasteiger charge is -2.25. The monoisotopic (exact) mass is 386 g/mol. The minimum absolute atomic E-state index is 0.269. The molecule has 1 aliphatic carbocycles. The Labute approximate surface area is 166 Å². The van der Waals surface area contributed by atoms with E-state index in [-0.39, 0.29) is 5.56 Å². The van der Waals surface area contributed by atoms with E-state index in [0.29, 0.717) is 24.1 Å². The maximum Gasteiger partial charge on any atom is 0.165 e. The molecule has 28 heavy (non-hydrogen) atoms. The van der Waals surface area contributed by atoms with E-state index in [0.717, 1.165) is 49.5 Å². The topological polar surface area (TPSA) is 0 Å². The molecule has 2 aromatic carbocycles. The van der Waals surface area contributed by atoms with Crippen LogP contribution in [0.25, 0.3) is 16.6 Å². The highest BCUT2D eigenvalue weighted by atomic mass is 19.2. The number of hydrogen-bond donors (Lipinski definition) is 0. The van der Waals surface area contributed by atoms with Crippen LogP contribution in [0.4, 0.5) is 13.2 Å². The van der Waals surface area contributed by atoms with Crippen LogP contribution in [0.2, 0.25) is 0 Å². The predicted octanol–water partition coefficient (Wildman–Crippen LogP) is 8.31. The van der Waals surface area contributed by atoms with Crippen LogP contribution >= 0.6 is 0 Å². The third-order valence-electron chi connectivity index (χ3n) is 6.00. The normalized spacial score (nSPS) is 20.9. The summed E-state index contributed by atoms with van der Waals surface area (Å²) in [6.07, 6.45) is 8.99. The molecule has 0 saturated heterocycles. The van der Waals surface area contributed by atoms with Gasteiger partial charge in [0.2, 0.25) is 0 Å². The van der Waals surface area contributed by atoms with E-state index in [1.807, 2.05) is 18.2 Å². The Morgan fingerprint density at radius 1 is 1.07 bits per heavy atom. The molecule has 0 spiro atoms. The van der Waals surface area contributed by atoms with E-state index >= 15 is 0 Å². The van der Waals surface area contributed by atoms with Crippen molar-refractivity contribution < 1.29 is 13.2 Å². The number of halogens is 3. The van der Waals surface area contributed by atoms with Crippen LogP contribution in [0.3, 0.4) is 0 Å². The summed E-state index contributed by atoms with van der Waals surface area (Å²) in [7, 11) is 0. The quantitative estimate of drug-likeness (QED) is 0.331. The number of benzene rings is 2. The lowest BCUT2D eigenvalue weighted by Crippen LogP contribution is -2.14. The van der Waals surface area contributed by atoms with Crippen molar-refractivity contribution in [3.63, 3.8) is 0 Å². The third-order valence-corrected chi connectivity index (χ3v) is 6.00. The lowest BCUT2D eigenvalue weighted by atomic mass is 9.81. The lowest BCUT2D eigenvalue weighted by molar-refractivity contribution is 0.305. The molecule has 0 radical (unpaired) electrons. The van der Waals surface area contributed by atoms with Crippen molar-refractivity contribution in [1.29, 1.82) is 0 Å². The first-order valence-corrected chi connectivity index (χ1v) is 10.4. The SMILES string of the molecule is C=CC1CCC(C(F)=C(F)c2ccc3cc(CCCCC)ccc3c2F)CC1. The van der Waals surface area contributed by atoms with Crippen LogP contribution in [0.15, 0.2) is 48.8 Å². The molecule has 0 aromatic heterocycles. The minimum atomic E-state index is -1.05. The maximum absolute atomic E-state index is 14.9. The van der Waals surface area contributed by atoms with Crippen molar-refractivity contribution in [3.05, 3.63) is 65.8 Å². The van der Waals surface area contributed by atoms with E-state index in [1.54, 1.807) is 12.1 Å². The summed E-state index contributed by atoms with van der Waals surface area (Å²) in [4.78, 5) is 0. The highest BCUT2D eigenvalue weighted by Gasteiger charge is 2.27. The van der Waals surface area contributed by atoms with Gasteiger partial charge in [0.05, 0.1) is 0 Å². The summed E-state index contributed by atoms with van der Waals surface area (Å²) in [6, 6.07) is 8.60. The van der Waals surface area contributed by atoms with E-state index in [1.165, 1.54) is 6.07 Å². The van der Waals surface area contributed by atoms with Crippen molar-refractivity contribution >= 4 is 16.6 Å². The average molecular weight is 387 g/mol. The number of fused-ring (bicyclic) bond motifs is 1. The average Bonchev–Trinajstić information content (AvgIpc) is 2.73. The first kappa shape index (κ1) is 20.7. The highest BCUT2D eigenvalue weighted by molar-refractivity contribution is 5.87. The fourth-order valence-electron chi connectivity index (χ4n) is 4.16. The van der Waals surface area contributed by atoms with Crippen LogP contribution in [0, 0.1) is 17.7 Å². The van der Waals surface area contributed by atoms with Gasteiger partial charge in [0.25, 0.3) is 0 Å². The van der Waals surface area contributed by atoms with Gasteiger partial charge in [0, 0.05) is 16.9 Å². The Morgan fingerprint density at radius 3 is 2.50 bits per heavy atom. The Morgan fingerprint density at radius 2 is 1.82 bits per heavy atom. The van der Waals surface area contributed by atoms with Crippen molar-refractivity contribution in [2.24, 2.45) is 11.8 Å². The first-order valence-electron chi connectivity index (χ1n) is 10.4. The zero-order chi connectivity index (χ0) is 20.1. The summed E-state index contributed by atoms with van der Waals surface area (Å²) < 4.78 is 44.5. The second-order valence-corrected chi connectivity index (χ2v) is 7.95. The van der Waals surface area contributed by atoms with Gasteiger partial charge < -0.3 is 0 Å². The molecule has 3 rings (SSSR count). The van der Waals surface area contributed by atoms with E-state index < -0.39 is 23.4 Å². The zero-order valence-corrected chi connectivity index (χ0v) is 16.6. The van der Waals surface area contributed by atoms with Gasteiger partial charge in [0.1, 0.15) is 11.6 Å². The molecule has 1 aliphatic rings. The number of allylic oxidation sites excluding steroid dienone is 2. The first-order chi connectivity index (χ1) is 13.5. The molecular formula is C25H29F3. The third kappa shape index (κ3) is 4.51. The van der Waals surface area contributed by atoms with E-state index in [2.05, 4.69) is 13.5 Å². The molecule has 1 saturated carbocycles. The number of rotatable bonds is 7. The van der Waals surface area contributed by atoms with Gasteiger partial charge in [0.15, 0.2) is 5.83 Å². The van der Waals surface area contributed by atoms with Crippen LogP contribution in [0.5, 0.6) is 0 Å². The second-order valence-electron chi connectivity index (χ2n) is 7.95. The van der Waals surface area contributed by atoms with Gasteiger partial charge in [-0.3, -0.25) is 0 Å². The molecule has 0 amide bonds. The Hall–Kier alpha value is -2.03. The van der Waals surface area contributed by atoms with Gasteiger partial charge >= 0.3 is 0 Å². The number of unbranched alkanes of at least 4 members (excludes halogenated alkanes) is 2. The highest BCUT2D eigenvalue weighted by Crippen LogP contribution is 2.39. The molecule has 0 N–H and O–H groups in total. The fraction of sp³-hybridized carbons (Fsp3) is 0.440. The second kappa shape index (κ2) is 9.45. The van der Waals surface area contributed by atoms with Gasteiger partial charge in [-0.2, -0.15) is 0 Å². The number of hydrogen-bond acceptors (Lipinski definition) is 0. The predicted molar refractivity (Wildman–Crippen MR) is 112 cm³/mol. The van der Waals surface area contributed by atoms with Gasteiger partial charge in [-0.15, -0.1) is 6.58 Å². The Bertz CT molecular complexity index is 857. The molecule has 0 atom stereocenters. The summed E-state index contributed by atoms with van der Waals surface area (Å²) >= 11 is 0. The van der Waals surface area contributed by atoms with Crippen molar-refractivity contribution in [2.45, 2.75) is 58.3 Å². The summed E-state index contributed by atoms with van der Waals surface area (Å²) in [6.45, 7) is 5.93. The van der Waals surface area contributed by atoms with Crippen LogP contribution in [-0.2, 0) is 6.42 Å². The fourth-order valence-corrected chi connectivity index (χ4v) is 4.16. The van der Waals surface area contributed by atoms with Gasteiger partial charge in [-0.05, 0) is 61.5 Å². The Balaban J connectivity index is 1.85. The molecule has 0 unspecified atom stereocenters. The standard InChI is InChI=1S/C25H29F3/c1-3-5-6-7-18-10-14-21-20(16-18)13-15-22(24(21)27)25(28)23(26)19-11-8-17(4-2)9-12-19/h4,10,13-17,19H,2-3,5-9,11-12H2,1H3. The molecule has 0 heterocycles.